The minimum Gasteiger partial charge on any atom is -0.466 e. The van der Waals surface area contributed by atoms with Gasteiger partial charge in [-0.15, -0.1) is 11.3 Å². The standard InChI is InChI=1S/C22H29N3O3S/c1-14-10-16-17(11-22(2,3)12-18(16)28-14)24-21(27)23-7-4-20(26)25-8-5-19-15(13-25)6-9-29-19/h6,9-10,17H,4-5,7-8,11-13H2,1-3H3,(H2,23,24,27). The molecule has 29 heavy (non-hydrogen) atoms. The topological polar surface area (TPSA) is 74.6 Å². The molecular formula is C22H29N3O3S. The largest absolute Gasteiger partial charge is 0.466 e. The maximum absolute atomic E-state index is 12.5. The molecule has 6 nitrogen and oxygen atoms in total. The van der Waals surface area contributed by atoms with Crippen LogP contribution in [-0.2, 0) is 24.2 Å². The van der Waals surface area contributed by atoms with E-state index in [1.807, 2.05) is 17.9 Å². The third-order valence-electron chi connectivity index (χ3n) is 5.83. The van der Waals surface area contributed by atoms with Crippen molar-refractivity contribution in [2.24, 2.45) is 5.41 Å². The van der Waals surface area contributed by atoms with Crippen LogP contribution < -0.4 is 10.6 Å². The van der Waals surface area contributed by atoms with Gasteiger partial charge in [0.25, 0.3) is 0 Å². The van der Waals surface area contributed by atoms with E-state index in [0.29, 0.717) is 19.5 Å². The van der Waals surface area contributed by atoms with Crippen LogP contribution in [0.25, 0.3) is 0 Å². The molecule has 156 valence electrons. The van der Waals surface area contributed by atoms with Gasteiger partial charge >= 0.3 is 6.03 Å². The van der Waals surface area contributed by atoms with Crippen molar-refractivity contribution in [3.63, 3.8) is 0 Å². The fourth-order valence-electron chi connectivity index (χ4n) is 4.43. The third-order valence-corrected chi connectivity index (χ3v) is 6.85. The predicted octanol–water partition coefficient (Wildman–Crippen LogP) is 3.94. The molecule has 0 saturated carbocycles. The predicted molar refractivity (Wildman–Crippen MR) is 113 cm³/mol. The SMILES string of the molecule is Cc1cc2c(o1)CC(C)(C)CC2NC(=O)NCCC(=O)N1CCc2sccc2C1. The average molecular weight is 416 g/mol. The molecule has 4 rings (SSSR count). The number of thiophene rings is 1. The summed E-state index contributed by atoms with van der Waals surface area (Å²) in [6, 6.07) is 3.82. The average Bonchev–Trinajstić information content (AvgIpc) is 3.25. The van der Waals surface area contributed by atoms with E-state index in [-0.39, 0.29) is 23.4 Å². The first-order valence-corrected chi connectivity index (χ1v) is 11.2. The van der Waals surface area contributed by atoms with Crippen LogP contribution in [0.5, 0.6) is 0 Å². The third kappa shape index (κ3) is 4.50. The van der Waals surface area contributed by atoms with E-state index in [2.05, 4.69) is 35.9 Å². The van der Waals surface area contributed by atoms with Crippen LogP contribution in [-0.4, -0.2) is 29.9 Å². The number of carbonyl (C=O) groups excluding carboxylic acids is 2. The van der Waals surface area contributed by atoms with E-state index in [9.17, 15) is 9.59 Å². The Labute approximate surface area is 175 Å². The molecule has 2 N–H and O–H groups in total. The molecule has 1 atom stereocenters. The van der Waals surface area contributed by atoms with Gasteiger partial charge in [-0.2, -0.15) is 0 Å². The van der Waals surface area contributed by atoms with Crippen molar-refractivity contribution in [3.05, 3.63) is 45.0 Å². The minimum atomic E-state index is -0.232. The van der Waals surface area contributed by atoms with Crippen LogP contribution in [0.4, 0.5) is 4.79 Å². The van der Waals surface area contributed by atoms with Crippen LogP contribution in [0.1, 0.15) is 60.3 Å². The van der Waals surface area contributed by atoms with Gasteiger partial charge in [-0.05, 0) is 48.3 Å². The van der Waals surface area contributed by atoms with Gasteiger partial charge in [0.2, 0.25) is 5.91 Å². The zero-order valence-corrected chi connectivity index (χ0v) is 18.2. The second kappa shape index (κ2) is 7.86. The summed E-state index contributed by atoms with van der Waals surface area (Å²) in [6.45, 7) is 8.10. The molecule has 0 spiro atoms. The van der Waals surface area contributed by atoms with Crippen molar-refractivity contribution < 1.29 is 14.0 Å². The molecule has 2 aromatic heterocycles. The zero-order valence-electron chi connectivity index (χ0n) is 17.3. The van der Waals surface area contributed by atoms with Gasteiger partial charge in [0, 0.05) is 42.9 Å². The monoisotopic (exact) mass is 415 g/mol. The van der Waals surface area contributed by atoms with Crippen molar-refractivity contribution in [2.45, 2.75) is 59.0 Å². The van der Waals surface area contributed by atoms with Crippen molar-refractivity contribution in [3.8, 4) is 0 Å². The van der Waals surface area contributed by atoms with E-state index >= 15 is 0 Å². The second-order valence-electron chi connectivity index (χ2n) is 8.92. The van der Waals surface area contributed by atoms with Crippen LogP contribution in [0, 0.1) is 12.3 Å². The molecule has 1 aliphatic heterocycles. The first-order valence-electron chi connectivity index (χ1n) is 10.3. The Balaban J connectivity index is 1.27. The van der Waals surface area contributed by atoms with E-state index in [1.54, 1.807) is 11.3 Å². The van der Waals surface area contributed by atoms with Gasteiger partial charge in [-0.1, -0.05) is 13.8 Å². The van der Waals surface area contributed by atoms with Crippen LogP contribution in [0.2, 0.25) is 0 Å². The number of urea groups is 1. The molecule has 0 aromatic carbocycles. The Morgan fingerprint density at radius 3 is 3.03 bits per heavy atom. The minimum absolute atomic E-state index is 0.0685. The summed E-state index contributed by atoms with van der Waals surface area (Å²) in [4.78, 5) is 28.2. The lowest BCUT2D eigenvalue weighted by molar-refractivity contribution is -0.131. The Kier molecular flexibility index (Phi) is 5.42. The van der Waals surface area contributed by atoms with Crippen molar-refractivity contribution in [1.29, 1.82) is 0 Å². The number of furan rings is 1. The summed E-state index contributed by atoms with van der Waals surface area (Å²) in [5.41, 5.74) is 2.40. The van der Waals surface area contributed by atoms with E-state index < -0.39 is 0 Å². The molecule has 3 heterocycles. The van der Waals surface area contributed by atoms with Crippen LogP contribution >= 0.6 is 11.3 Å². The molecule has 0 fully saturated rings. The number of amides is 3. The Bertz CT molecular complexity index is 914. The first kappa shape index (κ1) is 20.0. The molecule has 1 unspecified atom stereocenters. The highest BCUT2D eigenvalue weighted by Crippen LogP contribution is 2.41. The molecule has 1 aliphatic carbocycles. The Hall–Kier alpha value is -2.28. The quantitative estimate of drug-likeness (QED) is 0.794. The van der Waals surface area contributed by atoms with Crippen molar-refractivity contribution in [1.82, 2.24) is 15.5 Å². The van der Waals surface area contributed by atoms with Gasteiger partial charge in [0.1, 0.15) is 11.5 Å². The summed E-state index contributed by atoms with van der Waals surface area (Å²) < 4.78 is 5.83. The summed E-state index contributed by atoms with van der Waals surface area (Å²) in [6.07, 6.45) is 2.99. The van der Waals surface area contributed by atoms with E-state index in [1.165, 1.54) is 10.4 Å². The molecule has 3 amide bonds. The Morgan fingerprint density at radius 2 is 2.21 bits per heavy atom. The van der Waals surface area contributed by atoms with Gasteiger partial charge in [-0.3, -0.25) is 4.79 Å². The highest BCUT2D eigenvalue weighted by molar-refractivity contribution is 7.10. The molecule has 0 saturated heterocycles. The Morgan fingerprint density at radius 1 is 1.38 bits per heavy atom. The summed E-state index contributed by atoms with van der Waals surface area (Å²) in [5, 5.41) is 8.01. The normalized spacial score (nSPS) is 20.0. The van der Waals surface area contributed by atoms with Gasteiger partial charge in [0.15, 0.2) is 0 Å². The number of aryl methyl sites for hydroxylation is 1. The van der Waals surface area contributed by atoms with E-state index in [4.69, 9.17) is 4.42 Å². The first-order chi connectivity index (χ1) is 13.8. The highest BCUT2D eigenvalue weighted by atomic mass is 32.1. The lowest BCUT2D eigenvalue weighted by Gasteiger charge is -2.34. The lowest BCUT2D eigenvalue weighted by atomic mass is 9.75. The number of rotatable bonds is 4. The van der Waals surface area contributed by atoms with E-state index in [0.717, 1.165) is 42.9 Å². The summed E-state index contributed by atoms with van der Waals surface area (Å²) in [7, 11) is 0. The molecule has 7 heteroatoms. The fraction of sp³-hybridized carbons (Fsp3) is 0.545. The second-order valence-corrected chi connectivity index (χ2v) is 9.92. The molecule has 2 aromatic rings. The summed E-state index contributed by atoms with van der Waals surface area (Å²) in [5.74, 6) is 1.94. The number of nitrogens with one attached hydrogen (secondary N) is 2. The molecule has 0 bridgehead atoms. The smallest absolute Gasteiger partial charge is 0.315 e. The van der Waals surface area contributed by atoms with Crippen molar-refractivity contribution >= 4 is 23.3 Å². The number of carbonyl (C=O) groups is 2. The van der Waals surface area contributed by atoms with Crippen LogP contribution in [0.3, 0.4) is 0 Å². The molecule has 2 aliphatic rings. The van der Waals surface area contributed by atoms with Crippen LogP contribution in [0.15, 0.2) is 21.9 Å². The lowest BCUT2D eigenvalue weighted by Crippen LogP contribution is -2.43. The number of fused-ring (bicyclic) bond motifs is 2. The fourth-order valence-corrected chi connectivity index (χ4v) is 5.31. The number of hydrogen-bond acceptors (Lipinski definition) is 4. The zero-order chi connectivity index (χ0) is 20.6. The van der Waals surface area contributed by atoms with Gasteiger partial charge in [0.05, 0.1) is 6.04 Å². The molecular weight excluding hydrogens is 386 g/mol. The van der Waals surface area contributed by atoms with Gasteiger partial charge in [-0.25, -0.2) is 4.79 Å². The number of hydrogen-bond donors (Lipinski definition) is 2. The summed E-state index contributed by atoms with van der Waals surface area (Å²) >= 11 is 1.76. The maximum Gasteiger partial charge on any atom is 0.315 e. The van der Waals surface area contributed by atoms with Gasteiger partial charge < -0.3 is 20.0 Å². The van der Waals surface area contributed by atoms with Crippen molar-refractivity contribution in [2.75, 3.05) is 13.1 Å². The maximum atomic E-state index is 12.5. The number of nitrogens with zero attached hydrogens (tertiary/aromatic N) is 1. The highest BCUT2D eigenvalue weighted by Gasteiger charge is 2.35. The molecule has 0 radical (unpaired) electrons.